The standard InChI is InChI=1S/C12H22O2S2/c1-5-11(6-2,9-13)15-16-12(7-3,8-4)10-14/h9-10H,5-8H2,1-4H3. The molecule has 0 bridgehead atoms. The van der Waals surface area contributed by atoms with Crippen molar-refractivity contribution in [1.82, 2.24) is 0 Å². The number of carbonyl (C=O) groups is 2. The van der Waals surface area contributed by atoms with Gasteiger partial charge in [0.05, 0.1) is 9.49 Å². The van der Waals surface area contributed by atoms with Crippen molar-refractivity contribution in [3.8, 4) is 0 Å². The van der Waals surface area contributed by atoms with Gasteiger partial charge in [0.1, 0.15) is 12.6 Å². The molecule has 0 heterocycles. The highest BCUT2D eigenvalue weighted by Crippen LogP contribution is 2.47. The molecule has 0 unspecified atom stereocenters. The van der Waals surface area contributed by atoms with Crippen LogP contribution < -0.4 is 0 Å². The predicted octanol–water partition coefficient (Wildman–Crippen LogP) is 3.88. The Bertz CT molecular complexity index is 197. The van der Waals surface area contributed by atoms with Gasteiger partial charge in [-0.3, -0.25) is 0 Å². The lowest BCUT2D eigenvalue weighted by atomic mass is 10.1. The lowest BCUT2D eigenvalue weighted by Crippen LogP contribution is -2.28. The Morgan fingerprint density at radius 1 is 0.750 bits per heavy atom. The number of aldehydes is 2. The summed E-state index contributed by atoms with van der Waals surface area (Å²) < 4.78 is -0.660. The quantitative estimate of drug-likeness (QED) is 0.466. The summed E-state index contributed by atoms with van der Waals surface area (Å²) >= 11 is 0. The molecular formula is C12H22O2S2. The van der Waals surface area contributed by atoms with Crippen LogP contribution in [0.25, 0.3) is 0 Å². The fourth-order valence-corrected chi connectivity index (χ4v) is 4.80. The maximum absolute atomic E-state index is 11.1. The molecule has 0 N–H and O–H groups in total. The topological polar surface area (TPSA) is 34.1 Å². The predicted molar refractivity (Wildman–Crippen MR) is 73.9 cm³/mol. The minimum absolute atomic E-state index is 0.330. The molecular weight excluding hydrogens is 240 g/mol. The summed E-state index contributed by atoms with van der Waals surface area (Å²) in [6.45, 7) is 8.08. The van der Waals surface area contributed by atoms with E-state index in [4.69, 9.17) is 0 Å². The van der Waals surface area contributed by atoms with Gasteiger partial charge in [0.25, 0.3) is 0 Å². The SMILES string of the molecule is CCC(C=O)(CC)SSC(C=O)(CC)CC. The average molecular weight is 262 g/mol. The van der Waals surface area contributed by atoms with E-state index >= 15 is 0 Å². The van der Waals surface area contributed by atoms with Gasteiger partial charge in [0.2, 0.25) is 0 Å². The molecule has 0 spiro atoms. The largest absolute Gasteiger partial charge is 0.302 e. The van der Waals surface area contributed by atoms with E-state index in [1.807, 2.05) is 27.7 Å². The van der Waals surface area contributed by atoms with Crippen molar-refractivity contribution in [1.29, 1.82) is 0 Å². The van der Waals surface area contributed by atoms with E-state index in [1.54, 1.807) is 21.6 Å². The van der Waals surface area contributed by atoms with Gasteiger partial charge in [-0.2, -0.15) is 0 Å². The lowest BCUT2D eigenvalue weighted by Gasteiger charge is -2.30. The van der Waals surface area contributed by atoms with Crippen LogP contribution >= 0.6 is 21.6 Å². The number of hydrogen-bond acceptors (Lipinski definition) is 4. The van der Waals surface area contributed by atoms with Crippen LogP contribution in [-0.2, 0) is 9.59 Å². The summed E-state index contributed by atoms with van der Waals surface area (Å²) in [4.78, 5) is 22.3. The van der Waals surface area contributed by atoms with E-state index in [0.717, 1.165) is 38.3 Å². The molecule has 0 aromatic heterocycles. The molecule has 4 heteroatoms. The van der Waals surface area contributed by atoms with Gasteiger partial charge in [-0.1, -0.05) is 49.3 Å². The fraction of sp³-hybridized carbons (Fsp3) is 0.833. The zero-order chi connectivity index (χ0) is 12.7. The summed E-state index contributed by atoms with van der Waals surface area (Å²) in [5.41, 5.74) is 0. The van der Waals surface area contributed by atoms with Crippen molar-refractivity contribution in [2.75, 3.05) is 0 Å². The highest BCUT2D eigenvalue weighted by Gasteiger charge is 2.33. The lowest BCUT2D eigenvalue weighted by molar-refractivity contribution is -0.110. The van der Waals surface area contributed by atoms with Crippen molar-refractivity contribution in [2.45, 2.75) is 62.9 Å². The van der Waals surface area contributed by atoms with Crippen molar-refractivity contribution in [2.24, 2.45) is 0 Å². The number of hydrogen-bond donors (Lipinski definition) is 0. The van der Waals surface area contributed by atoms with Crippen LogP contribution in [0.3, 0.4) is 0 Å². The molecule has 0 fully saturated rings. The normalized spacial score (nSPS) is 12.5. The molecule has 0 saturated carbocycles. The van der Waals surface area contributed by atoms with E-state index in [2.05, 4.69) is 0 Å². The number of rotatable bonds is 9. The average Bonchev–Trinajstić information content (AvgIpc) is 2.37. The maximum Gasteiger partial charge on any atom is 0.136 e. The van der Waals surface area contributed by atoms with Crippen LogP contribution in [-0.4, -0.2) is 22.1 Å². The molecule has 0 saturated heterocycles. The number of carbonyl (C=O) groups excluding carboxylic acids is 2. The molecule has 0 atom stereocenters. The summed E-state index contributed by atoms with van der Waals surface area (Å²) in [5, 5.41) is 0. The maximum atomic E-state index is 11.1. The Hall–Kier alpha value is 0.0400. The van der Waals surface area contributed by atoms with E-state index in [0.29, 0.717) is 0 Å². The molecule has 0 amide bonds. The third-order valence-corrected chi connectivity index (χ3v) is 7.53. The molecule has 0 aliphatic heterocycles. The van der Waals surface area contributed by atoms with Crippen LogP contribution in [0.5, 0.6) is 0 Å². The second-order valence-corrected chi connectivity index (χ2v) is 6.91. The van der Waals surface area contributed by atoms with Crippen LogP contribution in [0.4, 0.5) is 0 Å². The fourth-order valence-electron chi connectivity index (χ4n) is 1.27. The van der Waals surface area contributed by atoms with E-state index in [1.165, 1.54) is 0 Å². The third-order valence-electron chi connectivity index (χ3n) is 3.20. The van der Waals surface area contributed by atoms with Crippen molar-refractivity contribution in [3.05, 3.63) is 0 Å². The van der Waals surface area contributed by atoms with Gasteiger partial charge in [0.15, 0.2) is 0 Å². The Labute approximate surface area is 107 Å². The Morgan fingerprint density at radius 2 is 1.00 bits per heavy atom. The third kappa shape index (κ3) is 3.81. The van der Waals surface area contributed by atoms with Gasteiger partial charge in [-0.25, -0.2) is 0 Å². The smallest absolute Gasteiger partial charge is 0.136 e. The molecule has 0 rings (SSSR count). The van der Waals surface area contributed by atoms with Crippen molar-refractivity contribution < 1.29 is 9.59 Å². The molecule has 0 aromatic carbocycles. The van der Waals surface area contributed by atoms with Gasteiger partial charge >= 0.3 is 0 Å². The van der Waals surface area contributed by atoms with Crippen LogP contribution in [0.2, 0.25) is 0 Å². The summed E-state index contributed by atoms with van der Waals surface area (Å²) in [6, 6.07) is 0. The van der Waals surface area contributed by atoms with E-state index in [-0.39, 0.29) is 9.49 Å². The molecule has 16 heavy (non-hydrogen) atoms. The van der Waals surface area contributed by atoms with Crippen LogP contribution in [0.15, 0.2) is 0 Å². The van der Waals surface area contributed by atoms with Gasteiger partial charge < -0.3 is 9.59 Å². The van der Waals surface area contributed by atoms with Gasteiger partial charge in [0, 0.05) is 0 Å². The van der Waals surface area contributed by atoms with Gasteiger partial charge in [-0.05, 0) is 25.7 Å². The minimum atomic E-state index is -0.330. The first kappa shape index (κ1) is 16.0. The molecule has 0 radical (unpaired) electrons. The van der Waals surface area contributed by atoms with E-state index < -0.39 is 0 Å². The Morgan fingerprint density at radius 3 is 1.12 bits per heavy atom. The first-order valence-electron chi connectivity index (χ1n) is 5.87. The summed E-state index contributed by atoms with van der Waals surface area (Å²) in [7, 11) is 3.13. The molecule has 2 nitrogen and oxygen atoms in total. The summed E-state index contributed by atoms with van der Waals surface area (Å²) in [5.74, 6) is 0. The Kier molecular flexibility index (Phi) is 7.40. The highest BCUT2D eigenvalue weighted by molar-refractivity contribution is 8.78. The first-order valence-corrected chi connectivity index (χ1v) is 8.02. The molecule has 94 valence electrons. The second kappa shape index (κ2) is 7.38. The molecule has 0 aliphatic rings. The summed E-state index contributed by atoms with van der Waals surface area (Å²) in [6.07, 6.45) is 5.32. The first-order chi connectivity index (χ1) is 7.57. The molecule has 0 aromatic rings. The monoisotopic (exact) mass is 262 g/mol. The van der Waals surface area contributed by atoms with E-state index in [9.17, 15) is 9.59 Å². The van der Waals surface area contributed by atoms with Crippen molar-refractivity contribution >= 4 is 34.2 Å². The zero-order valence-electron chi connectivity index (χ0n) is 10.6. The molecule has 0 aliphatic carbocycles. The highest BCUT2D eigenvalue weighted by atomic mass is 33.1. The van der Waals surface area contributed by atoms with Crippen LogP contribution in [0.1, 0.15) is 53.4 Å². The Balaban J connectivity index is 4.60. The second-order valence-electron chi connectivity index (χ2n) is 3.95. The van der Waals surface area contributed by atoms with Gasteiger partial charge in [-0.15, -0.1) is 0 Å². The van der Waals surface area contributed by atoms with Crippen LogP contribution in [0, 0.1) is 0 Å². The van der Waals surface area contributed by atoms with Crippen molar-refractivity contribution in [3.63, 3.8) is 0 Å². The zero-order valence-corrected chi connectivity index (χ0v) is 12.2. The minimum Gasteiger partial charge on any atom is -0.302 e.